The van der Waals surface area contributed by atoms with Crippen LogP contribution in [-0.4, -0.2) is 32.2 Å². The molecule has 0 aromatic rings. The van der Waals surface area contributed by atoms with E-state index in [0.29, 0.717) is 0 Å². The van der Waals surface area contributed by atoms with Crippen LogP contribution in [-0.2, 0) is 0 Å². The molecule has 0 aromatic heterocycles. The Hall–Kier alpha value is 0.870. The molecule has 3 heteroatoms. The minimum Gasteiger partial charge on any atom is -0.331 e. The predicted molar refractivity (Wildman–Crippen MR) is 82.3 cm³/mol. The molecule has 1 unspecified atom stereocenters. The molecule has 1 nitrogen and oxygen atoms in total. The van der Waals surface area contributed by atoms with Crippen LogP contribution in [0, 0.1) is 0 Å². The summed E-state index contributed by atoms with van der Waals surface area (Å²) in [4.78, 5) is 0. The zero-order chi connectivity index (χ0) is 10.2. The maximum atomic E-state index is 2.27. The van der Waals surface area contributed by atoms with Crippen LogP contribution in [0.1, 0.15) is 51.9 Å². The molecule has 0 aliphatic heterocycles. The van der Waals surface area contributed by atoms with Crippen LogP contribution in [0.3, 0.4) is 0 Å². The Kier molecular flexibility index (Phi) is 18.3. The maximum absolute atomic E-state index is 2.27. The van der Waals surface area contributed by atoms with E-state index in [-0.39, 0.29) is 26.9 Å². The molecule has 0 aliphatic rings. The molecule has 0 amide bonds. The van der Waals surface area contributed by atoms with Gasteiger partial charge in [-0.05, 0) is 12.8 Å². The minimum absolute atomic E-state index is 0. The Labute approximate surface area is 111 Å². The number of hydrogen-bond donors (Lipinski definition) is 0. The van der Waals surface area contributed by atoms with Crippen molar-refractivity contribution in [1.82, 2.24) is 0 Å². The van der Waals surface area contributed by atoms with E-state index in [0.717, 1.165) is 4.48 Å². The van der Waals surface area contributed by atoms with Crippen LogP contribution in [0.25, 0.3) is 0 Å². The van der Waals surface area contributed by atoms with Gasteiger partial charge in [0.2, 0.25) is 0 Å². The Bertz CT molecular complexity index is 113. The van der Waals surface area contributed by atoms with Gasteiger partial charge in [0.05, 0.1) is 27.7 Å². The van der Waals surface area contributed by atoms with Gasteiger partial charge in [-0.15, -0.1) is 17.0 Å². The molecule has 0 aliphatic carbocycles. The van der Waals surface area contributed by atoms with Gasteiger partial charge >= 0.3 is 0 Å². The van der Waals surface area contributed by atoms with Gasteiger partial charge in [-0.3, -0.25) is 0 Å². The first-order chi connectivity index (χ1) is 6.06. The highest BCUT2D eigenvalue weighted by molar-refractivity contribution is 8.93. The summed E-state index contributed by atoms with van der Waals surface area (Å²) in [5, 5.41) is 0. The Morgan fingerprint density at radius 1 is 0.733 bits per heavy atom. The SMILES string of the molecule is Br.CCCCCCCCC[N+](C)(C)C.P. The normalized spacial score (nSPS) is 10.4. The molecule has 0 fully saturated rings. The molecule has 0 heterocycles. The van der Waals surface area contributed by atoms with Gasteiger partial charge in [-0.25, -0.2) is 0 Å². The highest BCUT2D eigenvalue weighted by atomic mass is 79.9. The van der Waals surface area contributed by atoms with Crippen molar-refractivity contribution < 1.29 is 4.48 Å². The Morgan fingerprint density at radius 2 is 1.13 bits per heavy atom. The van der Waals surface area contributed by atoms with E-state index in [1.54, 1.807) is 0 Å². The van der Waals surface area contributed by atoms with Gasteiger partial charge in [0.25, 0.3) is 0 Å². The van der Waals surface area contributed by atoms with Crippen LogP contribution in [0.15, 0.2) is 0 Å². The first-order valence-electron chi connectivity index (χ1n) is 5.86. The second kappa shape index (κ2) is 12.9. The summed E-state index contributed by atoms with van der Waals surface area (Å²) in [5.74, 6) is 0. The maximum Gasteiger partial charge on any atom is 0.0780 e. The molecule has 15 heavy (non-hydrogen) atoms. The fourth-order valence-electron chi connectivity index (χ4n) is 1.54. The van der Waals surface area contributed by atoms with Gasteiger partial charge in [0.1, 0.15) is 0 Å². The van der Waals surface area contributed by atoms with Crippen LogP contribution in [0.2, 0.25) is 0 Å². The molecule has 0 spiro atoms. The average molecular weight is 301 g/mol. The quantitative estimate of drug-likeness (QED) is 0.360. The van der Waals surface area contributed by atoms with E-state index in [2.05, 4.69) is 28.1 Å². The van der Waals surface area contributed by atoms with Crippen molar-refractivity contribution >= 4 is 26.9 Å². The van der Waals surface area contributed by atoms with Gasteiger partial charge in [-0.2, -0.15) is 9.90 Å². The second-order valence-electron chi connectivity index (χ2n) is 5.14. The molecule has 0 bridgehead atoms. The van der Waals surface area contributed by atoms with Gasteiger partial charge in [0, 0.05) is 0 Å². The number of unbranched alkanes of at least 4 members (excludes halogenated alkanes) is 6. The number of halogens is 1. The van der Waals surface area contributed by atoms with Gasteiger partial charge in [0.15, 0.2) is 0 Å². The zero-order valence-electron chi connectivity index (χ0n) is 11.2. The first kappa shape index (κ1) is 21.2. The third-order valence-electron chi connectivity index (χ3n) is 2.43. The smallest absolute Gasteiger partial charge is 0.0780 e. The molecule has 1 atom stereocenters. The average Bonchev–Trinajstić information content (AvgIpc) is 2.01. The van der Waals surface area contributed by atoms with Crippen molar-refractivity contribution in [3.63, 3.8) is 0 Å². The Morgan fingerprint density at radius 3 is 1.53 bits per heavy atom. The van der Waals surface area contributed by atoms with E-state index >= 15 is 0 Å². The van der Waals surface area contributed by atoms with Gasteiger partial charge in [-0.1, -0.05) is 39.0 Å². The molecule has 96 valence electrons. The molecular weight excluding hydrogens is 269 g/mol. The highest BCUT2D eigenvalue weighted by Gasteiger charge is 2.04. The van der Waals surface area contributed by atoms with E-state index in [1.807, 2.05) is 0 Å². The monoisotopic (exact) mass is 300 g/mol. The summed E-state index contributed by atoms with van der Waals surface area (Å²) < 4.78 is 1.12. The zero-order valence-corrected chi connectivity index (χ0v) is 14.3. The van der Waals surface area contributed by atoms with Crippen LogP contribution >= 0.6 is 26.9 Å². The highest BCUT2D eigenvalue weighted by Crippen LogP contribution is 2.07. The van der Waals surface area contributed by atoms with E-state index in [4.69, 9.17) is 0 Å². The third-order valence-corrected chi connectivity index (χ3v) is 2.43. The summed E-state index contributed by atoms with van der Waals surface area (Å²) in [6.07, 6.45) is 9.95. The lowest BCUT2D eigenvalue weighted by Gasteiger charge is -2.23. The van der Waals surface area contributed by atoms with Crippen LogP contribution < -0.4 is 0 Å². The van der Waals surface area contributed by atoms with Crippen molar-refractivity contribution in [2.75, 3.05) is 27.7 Å². The first-order valence-corrected chi connectivity index (χ1v) is 5.86. The fraction of sp³-hybridized carbons (Fsp3) is 1.00. The summed E-state index contributed by atoms with van der Waals surface area (Å²) >= 11 is 0. The number of rotatable bonds is 8. The van der Waals surface area contributed by atoms with E-state index in [9.17, 15) is 0 Å². The van der Waals surface area contributed by atoms with Crippen molar-refractivity contribution in [3.05, 3.63) is 0 Å². The van der Waals surface area contributed by atoms with E-state index in [1.165, 1.54) is 51.5 Å². The summed E-state index contributed by atoms with van der Waals surface area (Å²) in [7, 11) is 6.82. The fourth-order valence-corrected chi connectivity index (χ4v) is 1.54. The molecule has 0 rings (SSSR count). The summed E-state index contributed by atoms with van der Waals surface area (Å²) in [6, 6.07) is 0. The molecular formula is C12H32BrNP+. The minimum atomic E-state index is 0. The molecule has 0 aromatic carbocycles. The van der Waals surface area contributed by atoms with Crippen molar-refractivity contribution in [2.45, 2.75) is 51.9 Å². The lowest BCUT2D eigenvalue weighted by Crippen LogP contribution is -2.35. The molecule has 0 saturated heterocycles. The molecule has 0 N–H and O–H groups in total. The van der Waals surface area contributed by atoms with Crippen molar-refractivity contribution in [1.29, 1.82) is 0 Å². The lowest BCUT2D eigenvalue weighted by molar-refractivity contribution is -0.870. The molecule has 0 saturated carbocycles. The molecule has 0 radical (unpaired) electrons. The standard InChI is InChI=1S/C12H28N.BrH.H3P/c1-5-6-7-8-9-10-11-12-13(2,3)4;;/h5-12H2,1-4H3;1H;1H3/q+1;;. The number of nitrogens with zero attached hydrogens (tertiary/aromatic N) is 1. The van der Waals surface area contributed by atoms with Crippen LogP contribution in [0.5, 0.6) is 0 Å². The Balaban J connectivity index is -0.000000720. The predicted octanol–water partition coefficient (Wildman–Crippen LogP) is 4.08. The largest absolute Gasteiger partial charge is 0.331 e. The van der Waals surface area contributed by atoms with Crippen LogP contribution in [0.4, 0.5) is 0 Å². The van der Waals surface area contributed by atoms with Gasteiger partial charge < -0.3 is 4.48 Å². The lowest BCUT2D eigenvalue weighted by atomic mass is 10.1. The summed E-state index contributed by atoms with van der Waals surface area (Å²) in [5.41, 5.74) is 0. The van der Waals surface area contributed by atoms with Crippen molar-refractivity contribution in [3.8, 4) is 0 Å². The van der Waals surface area contributed by atoms with Crippen molar-refractivity contribution in [2.24, 2.45) is 0 Å². The third kappa shape index (κ3) is 20.8. The summed E-state index contributed by atoms with van der Waals surface area (Å²) in [6.45, 7) is 3.60. The number of quaternary nitrogens is 1. The second-order valence-corrected chi connectivity index (χ2v) is 5.14. The van der Waals surface area contributed by atoms with E-state index < -0.39 is 0 Å². The number of hydrogen-bond acceptors (Lipinski definition) is 0. The topological polar surface area (TPSA) is 0 Å².